The number of aliphatic carboxylic acids is 1. The second-order valence-electron chi connectivity index (χ2n) is 3.60. The lowest BCUT2D eigenvalue weighted by Crippen LogP contribution is -2.45. The summed E-state index contributed by atoms with van der Waals surface area (Å²) >= 11 is 1.71. The average molecular weight is 264 g/mol. The van der Waals surface area contributed by atoms with E-state index in [1.165, 1.54) is 7.11 Å². The normalized spacial score (nSPS) is 13.8. The topological polar surface area (TPSA) is 87.7 Å². The summed E-state index contributed by atoms with van der Waals surface area (Å²) in [4.78, 5) is 22.0. The summed E-state index contributed by atoms with van der Waals surface area (Å²) < 4.78 is 4.69. The molecule has 0 aliphatic rings. The van der Waals surface area contributed by atoms with Crippen LogP contribution in [-0.4, -0.2) is 54.9 Å². The van der Waals surface area contributed by atoms with Gasteiger partial charge in [0.25, 0.3) is 0 Å². The quantitative estimate of drug-likeness (QED) is 0.595. The Balaban J connectivity index is 3.82. The van der Waals surface area contributed by atoms with Crippen molar-refractivity contribution in [2.45, 2.75) is 25.5 Å². The van der Waals surface area contributed by atoms with Gasteiger partial charge in [0.2, 0.25) is 0 Å². The molecule has 0 saturated heterocycles. The van der Waals surface area contributed by atoms with Crippen molar-refractivity contribution in [3.05, 3.63) is 0 Å². The number of urea groups is 1. The van der Waals surface area contributed by atoms with E-state index in [0.29, 0.717) is 0 Å². The summed E-state index contributed by atoms with van der Waals surface area (Å²) in [5, 5.41) is 13.9. The number of carboxylic acids is 1. The van der Waals surface area contributed by atoms with Gasteiger partial charge in [0.05, 0.1) is 6.54 Å². The molecule has 17 heavy (non-hydrogen) atoms. The average Bonchev–Trinajstić information content (AvgIpc) is 2.26. The van der Waals surface area contributed by atoms with Crippen LogP contribution < -0.4 is 10.6 Å². The first-order chi connectivity index (χ1) is 8.01. The van der Waals surface area contributed by atoms with Gasteiger partial charge in [0.15, 0.2) is 6.10 Å². The number of carbonyl (C=O) groups excluding carboxylic acids is 1. The first-order valence-corrected chi connectivity index (χ1v) is 6.69. The summed E-state index contributed by atoms with van der Waals surface area (Å²) in [7, 11) is 1.29. The third kappa shape index (κ3) is 7.87. The van der Waals surface area contributed by atoms with Crippen LogP contribution >= 0.6 is 11.8 Å². The Bertz CT molecular complexity index is 250. The Morgan fingerprint density at radius 1 is 1.47 bits per heavy atom. The first kappa shape index (κ1) is 16.1. The van der Waals surface area contributed by atoms with Crippen LogP contribution in [0, 0.1) is 0 Å². The van der Waals surface area contributed by atoms with Gasteiger partial charge >= 0.3 is 12.0 Å². The van der Waals surface area contributed by atoms with Gasteiger partial charge in [0.1, 0.15) is 0 Å². The lowest BCUT2D eigenvalue weighted by molar-refractivity contribution is -0.147. The second kappa shape index (κ2) is 9.12. The highest BCUT2D eigenvalue weighted by Gasteiger charge is 2.17. The molecule has 0 aromatic heterocycles. The number of carboxylic acid groups (broad SMARTS) is 1. The smallest absolute Gasteiger partial charge is 0.334 e. The number of rotatable bonds is 8. The van der Waals surface area contributed by atoms with Crippen LogP contribution in [-0.2, 0) is 9.53 Å². The SMILES string of the molecule is COC(CNC(=O)NC(C)CCSC)C(=O)O. The van der Waals surface area contributed by atoms with E-state index in [0.717, 1.165) is 12.2 Å². The molecule has 2 atom stereocenters. The minimum Gasteiger partial charge on any atom is -0.479 e. The molecule has 7 heteroatoms. The monoisotopic (exact) mass is 264 g/mol. The summed E-state index contributed by atoms with van der Waals surface area (Å²) in [5.74, 6) is -0.125. The van der Waals surface area contributed by atoms with E-state index >= 15 is 0 Å². The van der Waals surface area contributed by atoms with Crippen LogP contribution in [0.3, 0.4) is 0 Å². The Morgan fingerprint density at radius 3 is 2.59 bits per heavy atom. The Morgan fingerprint density at radius 2 is 2.12 bits per heavy atom. The van der Waals surface area contributed by atoms with Crippen LogP contribution in [0.5, 0.6) is 0 Å². The highest BCUT2D eigenvalue weighted by molar-refractivity contribution is 7.98. The zero-order valence-corrected chi connectivity index (χ0v) is 11.2. The predicted molar refractivity (Wildman–Crippen MR) is 67.4 cm³/mol. The Kier molecular flexibility index (Phi) is 8.61. The molecule has 2 amide bonds. The molecule has 0 heterocycles. The summed E-state index contributed by atoms with van der Waals surface area (Å²) in [6.07, 6.45) is 1.87. The molecule has 0 aliphatic heterocycles. The molecule has 100 valence electrons. The maximum Gasteiger partial charge on any atom is 0.334 e. The lowest BCUT2D eigenvalue weighted by atomic mass is 10.3. The van der Waals surface area contributed by atoms with Crippen LogP contribution in [0.2, 0.25) is 0 Å². The summed E-state index contributed by atoms with van der Waals surface area (Å²) in [6.45, 7) is 1.85. The van der Waals surface area contributed by atoms with Crippen LogP contribution in [0.1, 0.15) is 13.3 Å². The van der Waals surface area contributed by atoms with Gasteiger partial charge < -0.3 is 20.5 Å². The lowest BCUT2D eigenvalue weighted by Gasteiger charge is -2.16. The van der Waals surface area contributed by atoms with Crippen molar-refractivity contribution in [3.8, 4) is 0 Å². The van der Waals surface area contributed by atoms with E-state index in [1.807, 2.05) is 13.2 Å². The molecule has 0 aromatic rings. The summed E-state index contributed by atoms with van der Waals surface area (Å²) in [6, 6.07) is -0.310. The van der Waals surface area contributed by atoms with E-state index in [2.05, 4.69) is 15.4 Å². The van der Waals surface area contributed by atoms with Crippen molar-refractivity contribution >= 4 is 23.8 Å². The maximum atomic E-state index is 11.4. The fourth-order valence-corrected chi connectivity index (χ4v) is 1.69. The van der Waals surface area contributed by atoms with Crippen molar-refractivity contribution in [2.24, 2.45) is 0 Å². The highest BCUT2D eigenvalue weighted by atomic mass is 32.2. The molecule has 0 radical (unpaired) electrons. The summed E-state index contributed by atoms with van der Waals surface area (Å²) in [5.41, 5.74) is 0. The first-order valence-electron chi connectivity index (χ1n) is 5.30. The third-order valence-corrected chi connectivity index (χ3v) is 2.78. The van der Waals surface area contributed by atoms with Crippen LogP contribution in [0.15, 0.2) is 0 Å². The molecule has 0 spiro atoms. The number of carbonyl (C=O) groups is 2. The molecule has 3 N–H and O–H groups in total. The standard InChI is InChI=1S/C10H20N2O4S/c1-7(4-5-17-3)12-10(15)11-6-8(16-2)9(13)14/h7-8H,4-6H2,1-3H3,(H,13,14)(H2,11,12,15). The molecular weight excluding hydrogens is 244 g/mol. The second-order valence-corrected chi connectivity index (χ2v) is 4.59. The van der Waals surface area contributed by atoms with Crippen molar-refractivity contribution in [3.63, 3.8) is 0 Å². The fourth-order valence-electron chi connectivity index (χ4n) is 1.10. The molecule has 0 rings (SSSR count). The van der Waals surface area contributed by atoms with Crippen molar-refractivity contribution in [1.29, 1.82) is 0 Å². The number of nitrogens with one attached hydrogen (secondary N) is 2. The van der Waals surface area contributed by atoms with Gasteiger partial charge in [-0.05, 0) is 25.4 Å². The zero-order chi connectivity index (χ0) is 13.3. The maximum absolute atomic E-state index is 11.4. The molecule has 0 aromatic carbocycles. The molecule has 2 unspecified atom stereocenters. The number of hydrogen-bond donors (Lipinski definition) is 3. The van der Waals surface area contributed by atoms with Gasteiger partial charge in [-0.1, -0.05) is 0 Å². The third-order valence-electron chi connectivity index (χ3n) is 2.14. The largest absolute Gasteiger partial charge is 0.479 e. The van der Waals surface area contributed by atoms with Crippen LogP contribution in [0.4, 0.5) is 4.79 Å². The number of ether oxygens (including phenoxy) is 1. The Hall–Kier alpha value is -0.950. The van der Waals surface area contributed by atoms with Crippen molar-refractivity contribution in [2.75, 3.05) is 25.7 Å². The van der Waals surface area contributed by atoms with E-state index in [1.54, 1.807) is 11.8 Å². The number of methoxy groups -OCH3 is 1. The fraction of sp³-hybridized carbons (Fsp3) is 0.800. The molecule has 0 saturated carbocycles. The molecule has 6 nitrogen and oxygen atoms in total. The van der Waals surface area contributed by atoms with Gasteiger partial charge in [-0.2, -0.15) is 11.8 Å². The molecule has 0 bridgehead atoms. The Labute approximate surface area is 105 Å². The van der Waals surface area contributed by atoms with Crippen molar-refractivity contribution < 1.29 is 19.4 Å². The number of amides is 2. The number of thioether (sulfide) groups is 1. The highest BCUT2D eigenvalue weighted by Crippen LogP contribution is 1.99. The minimum atomic E-state index is -1.09. The number of hydrogen-bond acceptors (Lipinski definition) is 4. The van der Waals surface area contributed by atoms with E-state index in [-0.39, 0.29) is 18.6 Å². The predicted octanol–water partition coefficient (Wildman–Crippen LogP) is 0.527. The van der Waals surface area contributed by atoms with E-state index in [4.69, 9.17) is 5.11 Å². The minimum absolute atomic E-state index is 0.0487. The van der Waals surface area contributed by atoms with Crippen molar-refractivity contribution in [1.82, 2.24) is 10.6 Å². The van der Waals surface area contributed by atoms with E-state index < -0.39 is 12.1 Å². The molecule has 0 fully saturated rings. The van der Waals surface area contributed by atoms with Gasteiger partial charge in [-0.3, -0.25) is 0 Å². The van der Waals surface area contributed by atoms with Crippen LogP contribution in [0.25, 0.3) is 0 Å². The molecule has 0 aliphatic carbocycles. The zero-order valence-electron chi connectivity index (χ0n) is 10.4. The van der Waals surface area contributed by atoms with E-state index in [9.17, 15) is 9.59 Å². The van der Waals surface area contributed by atoms with Gasteiger partial charge in [-0.15, -0.1) is 0 Å². The van der Waals surface area contributed by atoms with Gasteiger partial charge in [-0.25, -0.2) is 9.59 Å². The van der Waals surface area contributed by atoms with Gasteiger partial charge in [0, 0.05) is 13.2 Å². The molecular formula is C10H20N2O4S.